The molecule has 2 fully saturated rings. The molecule has 0 radical (unpaired) electrons. The molecular formula is C22H30N4O5. The van der Waals surface area contributed by atoms with Gasteiger partial charge in [-0.3, -0.25) is 14.4 Å². The van der Waals surface area contributed by atoms with Crippen molar-refractivity contribution in [1.29, 1.82) is 0 Å². The standard InChI is InChI=1S/C22H30N4O5/c1-13(23-2)20(27)25-16-10-12-31-19-8-7-17(26(19)22(16)29)21(28)24-15-9-11-30-18-6-4-3-5-14(15)18/h3-6,13,15-17,19,23H,7-12H2,1-2H3,(H,24,28)(H,25,27)/t13-,15+,16-,17-,19-/m0/s1. The number of carbonyl (C=O) groups excluding carboxylic acids is 3. The molecule has 0 unspecified atom stereocenters. The lowest BCUT2D eigenvalue weighted by Gasteiger charge is -2.32. The van der Waals surface area contributed by atoms with Gasteiger partial charge in [0.15, 0.2) is 0 Å². The van der Waals surface area contributed by atoms with Gasteiger partial charge in [0, 0.05) is 18.4 Å². The minimum Gasteiger partial charge on any atom is -0.493 e. The molecule has 1 aromatic rings. The van der Waals surface area contributed by atoms with Crippen molar-refractivity contribution in [2.24, 2.45) is 0 Å². The van der Waals surface area contributed by atoms with E-state index in [1.54, 1.807) is 14.0 Å². The molecule has 0 bridgehead atoms. The van der Waals surface area contributed by atoms with Crippen molar-refractivity contribution in [1.82, 2.24) is 20.9 Å². The van der Waals surface area contributed by atoms with Gasteiger partial charge in [-0.25, -0.2) is 0 Å². The van der Waals surface area contributed by atoms with Gasteiger partial charge in [0.05, 0.1) is 25.3 Å². The summed E-state index contributed by atoms with van der Waals surface area (Å²) in [5.74, 6) is 0.0678. The van der Waals surface area contributed by atoms with Gasteiger partial charge in [-0.1, -0.05) is 18.2 Å². The van der Waals surface area contributed by atoms with E-state index in [0.717, 1.165) is 11.3 Å². The maximum absolute atomic E-state index is 13.3. The Kier molecular flexibility index (Phi) is 6.43. The molecule has 1 aromatic carbocycles. The molecular weight excluding hydrogens is 400 g/mol. The zero-order valence-corrected chi connectivity index (χ0v) is 17.9. The van der Waals surface area contributed by atoms with E-state index < -0.39 is 24.4 Å². The summed E-state index contributed by atoms with van der Waals surface area (Å²) in [6.45, 7) is 2.61. The van der Waals surface area contributed by atoms with Crippen LogP contribution < -0.4 is 20.7 Å². The highest BCUT2D eigenvalue weighted by atomic mass is 16.5. The van der Waals surface area contributed by atoms with E-state index in [0.29, 0.717) is 38.9 Å². The summed E-state index contributed by atoms with van der Waals surface area (Å²) in [6.07, 6.45) is 1.75. The fraction of sp³-hybridized carbons (Fsp3) is 0.591. The lowest BCUT2D eigenvalue weighted by molar-refractivity contribution is -0.149. The molecule has 4 rings (SSSR count). The van der Waals surface area contributed by atoms with Crippen LogP contribution in [0.5, 0.6) is 5.75 Å². The number of benzene rings is 1. The molecule has 3 heterocycles. The Morgan fingerprint density at radius 2 is 1.84 bits per heavy atom. The predicted molar refractivity (Wildman–Crippen MR) is 112 cm³/mol. The van der Waals surface area contributed by atoms with Crippen molar-refractivity contribution in [2.75, 3.05) is 20.3 Å². The number of rotatable bonds is 5. The number of hydrogen-bond donors (Lipinski definition) is 3. The Morgan fingerprint density at radius 3 is 2.65 bits per heavy atom. The molecule has 0 aliphatic carbocycles. The first-order valence-corrected chi connectivity index (χ1v) is 10.9. The summed E-state index contributed by atoms with van der Waals surface area (Å²) < 4.78 is 11.5. The van der Waals surface area contributed by atoms with E-state index in [2.05, 4.69) is 16.0 Å². The SMILES string of the molecule is CN[C@@H](C)C(=O)N[C@H]1CCO[C@H]2CC[C@@H](C(=O)N[C@@H]3CCOc4ccccc43)N2C1=O. The molecule has 3 aliphatic rings. The highest BCUT2D eigenvalue weighted by molar-refractivity contribution is 5.93. The molecule has 31 heavy (non-hydrogen) atoms. The predicted octanol–water partition coefficient (Wildman–Crippen LogP) is 0.457. The number of para-hydroxylation sites is 1. The van der Waals surface area contributed by atoms with Crippen molar-refractivity contribution >= 4 is 17.7 Å². The quantitative estimate of drug-likeness (QED) is 0.626. The van der Waals surface area contributed by atoms with Crippen molar-refractivity contribution < 1.29 is 23.9 Å². The molecule has 0 aromatic heterocycles. The lowest BCUT2D eigenvalue weighted by Crippen LogP contribution is -2.56. The van der Waals surface area contributed by atoms with Crippen LogP contribution in [0.2, 0.25) is 0 Å². The molecule has 5 atom stereocenters. The van der Waals surface area contributed by atoms with E-state index in [9.17, 15) is 14.4 Å². The minimum atomic E-state index is -0.703. The van der Waals surface area contributed by atoms with Crippen LogP contribution in [0.25, 0.3) is 0 Å². The van der Waals surface area contributed by atoms with Crippen LogP contribution in [-0.2, 0) is 19.1 Å². The summed E-state index contributed by atoms with van der Waals surface area (Å²) in [6, 6.07) is 5.77. The first kappa shape index (κ1) is 21.6. The van der Waals surface area contributed by atoms with Crippen LogP contribution in [0, 0.1) is 0 Å². The maximum atomic E-state index is 13.3. The van der Waals surface area contributed by atoms with Crippen LogP contribution in [0.1, 0.15) is 44.2 Å². The van der Waals surface area contributed by atoms with E-state index >= 15 is 0 Å². The summed E-state index contributed by atoms with van der Waals surface area (Å²) >= 11 is 0. The maximum Gasteiger partial charge on any atom is 0.247 e. The van der Waals surface area contributed by atoms with Gasteiger partial charge in [-0.2, -0.15) is 0 Å². The van der Waals surface area contributed by atoms with Crippen LogP contribution in [0.15, 0.2) is 24.3 Å². The number of fused-ring (bicyclic) bond motifs is 2. The van der Waals surface area contributed by atoms with Gasteiger partial charge in [0.1, 0.15) is 24.1 Å². The lowest BCUT2D eigenvalue weighted by atomic mass is 10.00. The Bertz CT molecular complexity index is 847. The molecule has 3 N–H and O–H groups in total. The average molecular weight is 431 g/mol. The van der Waals surface area contributed by atoms with Crippen molar-refractivity contribution in [3.05, 3.63) is 29.8 Å². The second-order valence-electron chi connectivity index (χ2n) is 8.26. The van der Waals surface area contributed by atoms with Crippen LogP contribution in [0.4, 0.5) is 0 Å². The molecule has 3 amide bonds. The number of nitrogens with zero attached hydrogens (tertiary/aromatic N) is 1. The Balaban J connectivity index is 1.47. The normalized spacial score (nSPS) is 28.6. The molecule has 168 valence electrons. The number of likely N-dealkylation sites (N-methyl/N-ethyl adjacent to an activating group) is 1. The molecule has 2 saturated heterocycles. The zero-order chi connectivity index (χ0) is 22.0. The average Bonchev–Trinajstić information content (AvgIpc) is 3.15. The highest BCUT2D eigenvalue weighted by Crippen LogP contribution is 2.33. The van der Waals surface area contributed by atoms with Gasteiger partial charge in [-0.05, 0) is 32.9 Å². The molecule has 9 nitrogen and oxygen atoms in total. The highest BCUT2D eigenvalue weighted by Gasteiger charge is 2.46. The Hall–Kier alpha value is -2.65. The van der Waals surface area contributed by atoms with E-state index in [1.165, 1.54) is 4.90 Å². The number of ether oxygens (including phenoxy) is 2. The number of carbonyl (C=O) groups is 3. The van der Waals surface area contributed by atoms with Crippen LogP contribution in [-0.4, -0.2) is 67.2 Å². The van der Waals surface area contributed by atoms with Gasteiger partial charge >= 0.3 is 0 Å². The molecule has 9 heteroatoms. The topological polar surface area (TPSA) is 109 Å². The van der Waals surface area contributed by atoms with Crippen molar-refractivity contribution in [3.8, 4) is 5.75 Å². The Morgan fingerprint density at radius 1 is 1.06 bits per heavy atom. The third-order valence-corrected chi connectivity index (χ3v) is 6.32. The van der Waals surface area contributed by atoms with Crippen molar-refractivity contribution in [3.63, 3.8) is 0 Å². The molecule has 3 aliphatic heterocycles. The molecule has 0 spiro atoms. The third kappa shape index (κ3) is 4.38. The smallest absolute Gasteiger partial charge is 0.247 e. The summed E-state index contributed by atoms with van der Waals surface area (Å²) in [5.41, 5.74) is 0.946. The van der Waals surface area contributed by atoms with E-state index in [4.69, 9.17) is 9.47 Å². The van der Waals surface area contributed by atoms with Gasteiger partial charge < -0.3 is 30.3 Å². The van der Waals surface area contributed by atoms with Gasteiger partial charge in [-0.15, -0.1) is 0 Å². The fourth-order valence-corrected chi connectivity index (χ4v) is 4.44. The first-order valence-electron chi connectivity index (χ1n) is 10.9. The number of amides is 3. The third-order valence-electron chi connectivity index (χ3n) is 6.32. The van der Waals surface area contributed by atoms with Crippen molar-refractivity contribution in [2.45, 2.75) is 63.0 Å². The fourth-order valence-electron chi connectivity index (χ4n) is 4.44. The monoisotopic (exact) mass is 430 g/mol. The minimum absolute atomic E-state index is 0.161. The number of hydrogen-bond acceptors (Lipinski definition) is 6. The first-order chi connectivity index (χ1) is 15.0. The zero-order valence-electron chi connectivity index (χ0n) is 17.9. The van der Waals surface area contributed by atoms with E-state index in [1.807, 2.05) is 24.3 Å². The molecule has 0 saturated carbocycles. The Labute approximate surface area is 181 Å². The summed E-state index contributed by atoms with van der Waals surface area (Å²) in [5, 5.41) is 8.78. The number of nitrogens with one attached hydrogen (secondary N) is 3. The summed E-state index contributed by atoms with van der Waals surface area (Å²) in [4.78, 5) is 40.4. The second-order valence-corrected chi connectivity index (χ2v) is 8.26. The largest absolute Gasteiger partial charge is 0.493 e. The van der Waals surface area contributed by atoms with Crippen LogP contribution in [0.3, 0.4) is 0 Å². The van der Waals surface area contributed by atoms with Gasteiger partial charge in [0.25, 0.3) is 0 Å². The van der Waals surface area contributed by atoms with Gasteiger partial charge in [0.2, 0.25) is 17.7 Å². The second kappa shape index (κ2) is 9.23. The van der Waals surface area contributed by atoms with Crippen LogP contribution >= 0.6 is 0 Å². The summed E-state index contributed by atoms with van der Waals surface area (Å²) in [7, 11) is 1.69. The van der Waals surface area contributed by atoms with E-state index in [-0.39, 0.29) is 23.8 Å².